The maximum atomic E-state index is 13.0. The highest BCUT2D eigenvalue weighted by molar-refractivity contribution is 6.36. The van der Waals surface area contributed by atoms with E-state index in [4.69, 9.17) is 4.74 Å². The summed E-state index contributed by atoms with van der Waals surface area (Å²) in [4.78, 5) is 26.7. The lowest BCUT2D eigenvalue weighted by Gasteiger charge is -2.17. The van der Waals surface area contributed by atoms with Gasteiger partial charge in [-0.15, -0.1) is 0 Å². The van der Waals surface area contributed by atoms with E-state index in [-0.39, 0.29) is 23.7 Å². The number of hydrogen-bond donors (Lipinski definition) is 0. The predicted octanol–water partition coefficient (Wildman–Crippen LogP) is 3.07. The van der Waals surface area contributed by atoms with Gasteiger partial charge in [0.25, 0.3) is 5.91 Å². The van der Waals surface area contributed by atoms with Crippen LogP contribution in [0.5, 0.6) is 0 Å². The van der Waals surface area contributed by atoms with Crippen LogP contribution in [0.1, 0.15) is 18.1 Å². The van der Waals surface area contributed by atoms with Crippen molar-refractivity contribution in [2.24, 2.45) is 0 Å². The molecule has 5 heteroatoms. The maximum Gasteiger partial charge on any atom is 0.349 e. The van der Waals surface area contributed by atoms with Crippen molar-refractivity contribution >= 4 is 23.1 Å². The number of nitrogens with zero attached hydrogens (tertiary/aromatic N) is 2. The Morgan fingerprint density at radius 3 is 2.48 bits per heavy atom. The van der Waals surface area contributed by atoms with Crippen molar-refractivity contribution in [1.29, 1.82) is 5.26 Å². The summed E-state index contributed by atoms with van der Waals surface area (Å²) in [5.41, 5.74) is 2.07. The fourth-order valence-electron chi connectivity index (χ4n) is 2.85. The average Bonchev–Trinajstić information content (AvgIpc) is 2.90. The summed E-state index contributed by atoms with van der Waals surface area (Å²) in [5.74, 6) is -1.14. The van der Waals surface area contributed by atoms with Crippen molar-refractivity contribution in [3.8, 4) is 6.07 Å². The molecule has 2 aromatic carbocycles. The summed E-state index contributed by atoms with van der Waals surface area (Å²) in [6, 6.07) is 18.5. The maximum absolute atomic E-state index is 13.0. The van der Waals surface area contributed by atoms with E-state index >= 15 is 0 Å². The summed E-state index contributed by atoms with van der Waals surface area (Å²) in [6.45, 7) is 2.16. The van der Waals surface area contributed by atoms with Gasteiger partial charge in [0, 0.05) is 5.56 Å². The molecule has 124 valence electrons. The molecule has 0 saturated carbocycles. The Morgan fingerprint density at radius 1 is 1.12 bits per heavy atom. The highest BCUT2D eigenvalue weighted by atomic mass is 16.5. The van der Waals surface area contributed by atoms with Crippen molar-refractivity contribution in [3.05, 3.63) is 71.3 Å². The van der Waals surface area contributed by atoms with Gasteiger partial charge in [0.15, 0.2) is 5.57 Å². The number of carbonyl (C=O) groups excluding carboxylic acids is 2. The molecule has 1 amide bonds. The second kappa shape index (κ2) is 7.02. The van der Waals surface area contributed by atoms with E-state index in [9.17, 15) is 14.9 Å². The topological polar surface area (TPSA) is 70.4 Å². The summed E-state index contributed by atoms with van der Waals surface area (Å²) in [6.07, 6.45) is 0. The number of carbonyl (C=O) groups is 2. The Labute approximate surface area is 145 Å². The number of anilines is 1. The lowest BCUT2D eigenvalue weighted by atomic mass is 10.0. The van der Waals surface area contributed by atoms with Crippen molar-refractivity contribution in [2.45, 2.75) is 13.5 Å². The first-order valence-electron chi connectivity index (χ1n) is 7.94. The van der Waals surface area contributed by atoms with Gasteiger partial charge in [0.1, 0.15) is 6.07 Å². The van der Waals surface area contributed by atoms with Gasteiger partial charge in [-0.1, -0.05) is 48.5 Å². The van der Waals surface area contributed by atoms with Crippen LogP contribution in [0.3, 0.4) is 0 Å². The number of benzene rings is 2. The van der Waals surface area contributed by atoms with Crippen molar-refractivity contribution in [2.75, 3.05) is 11.5 Å². The number of nitriles is 1. The van der Waals surface area contributed by atoms with Gasteiger partial charge in [-0.05, 0) is 18.6 Å². The molecule has 0 N–H and O–H groups in total. The predicted molar refractivity (Wildman–Crippen MR) is 93.2 cm³/mol. The molecule has 0 aromatic heterocycles. The van der Waals surface area contributed by atoms with E-state index in [0.717, 1.165) is 5.56 Å². The van der Waals surface area contributed by atoms with Gasteiger partial charge in [0.2, 0.25) is 0 Å². The Hall–Kier alpha value is -3.39. The van der Waals surface area contributed by atoms with Crippen LogP contribution in [0, 0.1) is 11.3 Å². The first kappa shape index (κ1) is 16.5. The van der Waals surface area contributed by atoms with E-state index in [1.165, 1.54) is 0 Å². The highest BCUT2D eigenvalue weighted by Crippen LogP contribution is 2.39. The van der Waals surface area contributed by atoms with E-state index in [1.807, 2.05) is 48.5 Å². The second-order valence-corrected chi connectivity index (χ2v) is 5.48. The number of ether oxygens (including phenoxy) is 1. The van der Waals surface area contributed by atoms with Crippen LogP contribution in [0.2, 0.25) is 0 Å². The molecule has 0 fully saturated rings. The number of para-hydroxylation sites is 1. The average molecular weight is 332 g/mol. The minimum atomic E-state index is -0.773. The zero-order valence-corrected chi connectivity index (χ0v) is 13.7. The summed E-state index contributed by atoms with van der Waals surface area (Å²) in [7, 11) is 0. The molecule has 1 aliphatic heterocycles. The molecule has 3 rings (SSSR count). The fourth-order valence-corrected chi connectivity index (χ4v) is 2.85. The fraction of sp³-hybridized carbons (Fsp3) is 0.150. The Bertz CT molecular complexity index is 895. The van der Waals surface area contributed by atoms with Crippen molar-refractivity contribution in [3.63, 3.8) is 0 Å². The normalized spacial score (nSPS) is 14.7. The molecule has 0 unspecified atom stereocenters. The number of hydrogen-bond acceptors (Lipinski definition) is 4. The van der Waals surface area contributed by atoms with Gasteiger partial charge in [-0.3, -0.25) is 4.79 Å². The SMILES string of the molecule is CCOC(=O)/C(C#N)=C1\C(=O)N(Cc2ccccc2)c2ccccc21. The molecular weight excluding hydrogens is 316 g/mol. The summed E-state index contributed by atoms with van der Waals surface area (Å²) in [5, 5.41) is 9.42. The molecule has 0 bridgehead atoms. The van der Waals surface area contributed by atoms with Gasteiger partial charge >= 0.3 is 5.97 Å². The van der Waals surface area contributed by atoms with Crippen LogP contribution in [0.15, 0.2) is 60.2 Å². The highest BCUT2D eigenvalue weighted by Gasteiger charge is 2.36. The van der Waals surface area contributed by atoms with Gasteiger partial charge in [-0.25, -0.2) is 4.79 Å². The third kappa shape index (κ3) is 3.02. The Kier molecular flexibility index (Phi) is 4.62. The molecule has 5 nitrogen and oxygen atoms in total. The molecule has 1 aliphatic rings. The molecule has 0 atom stereocenters. The number of fused-ring (bicyclic) bond motifs is 1. The molecule has 0 aliphatic carbocycles. The Balaban J connectivity index is 2.09. The van der Waals surface area contributed by atoms with Crippen LogP contribution in [-0.2, 0) is 20.9 Å². The zero-order valence-electron chi connectivity index (χ0n) is 13.7. The number of amides is 1. The van der Waals surface area contributed by atoms with E-state index < -0.39 is 5.97 Å². The zero-order chi connectivity index (χ0) is 17.8. The second-order valence-electron chi connectivity index (χ2n) is 5.48. The molecule has 0 spiro atoms. The van der Waals surface area contributed by atoms with E-state index in [0.29, 0.717) is 17.8 Å². The number of rotatable bonds is 4. The standard InChI is InChI=1S/C20H16N2O3/c1-2-25-20(24)16(12-21)18-15-10-6-7-11-17(15)22(19(18)23)13-14-8-4-3-5-9-14/h3-11H,2,13H2,1H3/b18-16-. The summed E-state index contributed by atoms with van der Waals surface area (Å²) >= 11 is 0. The third-order valence-electron chi connectivity index (χ3n) is 3.95. The lowest BCUT2D eigenvalue weighted by Crippen LogP contribution is -2.26. The van der Waals surface area contributed by atoms with Gasteiger partial charge in [-0.2, -0.15) is 5.26 Å². The largest absolute Gasteiger partial charge is 0.462 e. The Morgan fingerprint density at radius 2 is 1.80 bits per heavy atom. The molecule has 1 heterocycles. The minimum Gasteiger partial charge on any atom is -0.462 e. The first-order valence-corrected chi connectivity index (χ1v) is 7.94. The molecule has 2 aromatic rings. The molecule has 25 heavy (non-hydrogen) atoms. The van der Waals surface area contributed by atoms with Crippen LogP contribution in [-0.4, -0.2) is 18.5 Å². The third-order valence-corrected chi connectivity index (χ3v) is 3.95. The number of esters is 1. The molecule has 0 radical (unpaired) electrons. The van der Waals surface area contributed by atoms with Crippen molar-refractivity contribution < 1.29 is 14.3 Å². The van der Waals surface area contributed by atoms with Crippen LogP contribution < -0.4 is 4.90 Å². The first-order chi connectivity index (χ1) is 12.2. The van der Waals surface area contributed by atoms with Gasteiger partial charge in [0.05, 0.1) is 24.4 Å². The van der Waals surface area contributed by atoms with Crippen LogP contribution in [0.25, 0.3) is 5.57 Å². The lowest BCUT2D eigenvalue weighted by molar-refractivity contribution is -0.138. The molecular formula is C20H16N2O3. The monoisotopic (exact) mass is 332 g/mol. The van der Waals surface area contributed by atoms with Crippen LogP contribution in [0.4, 0.5) is 5.69 Å². The molecule has 0 saturated heterocycles. The minimum absolute atomic E-state index is 0.104. The van der Waals surface area contributed by atoms with Crippen LogP contribution >= 0.6 is 0 Å². The summed E-state index contributed by atoms with van der Waals surface area (Å²) < 4.78 is 4.93. The van der Waals surface area contributed by atoms with E-state index in [2.05, 4.69) is 0 Å². The smallest absolute Gasteiger partial charge is 0.349 e. The van der Waals surface area contributed by atoms with E-state index in [1.54, 1.807) is 24.0 Å². The van der Waals surface area contributed by atoms with Gasteiger partial charge < -0.3 is 9.64 Å². The quantitative estimate of drug-likeness (QED) is 0.490. The van der Waals surface area contributed by atoms with Crippen molar-refractivity contribution in [1.82, 2.24) is 0 Å².